The van der Waals surface area contributed by atoms with Crippen molar-refractivity contribution in [3.63, 3.8) is 0 Å². The molecule has 1 aliphatic heterocycles. The number of carbonyl (C=O) groups is 1. The normalized spacial score (nSPS) is 14.1. The largest absolute Gasteiger partial charge is 0.455 e. The zero-order valence-electron chi connectivity index (χ0n) is 22.7. The van der Waals surface area contributed by atoms with E-state index in [0.29, 0.717) is 23.8 Å². The average molecular weight is 555 g/mol. The summed E-state index contributed by atoms with van der Waals surface area (Å²) < 4.78 is 5.81. The summed E-state index contributed by atoms with van der Waals surface area (Å²) in [6.45, 7) is 7.32. The predicted molar refractivity (Wildman–Crippen MR) is 159 cm³/mol. The van der Waals surface area contributed by atoms with Gasteiger partial charge in [0, 0.05) is 63.4 Å². The SMILES string of the molecule is CCc1cc(N2CCN(C/C=C/c3ccccc3)CC2)nc(SCc2ccc(C(=O)NCc3ccncc3)o2)n1. The van der Waals surface area contributed by atoms with Crippen molar-refractivity contribution in [2.45, 2.75) is 30.8 Å². The van der Waals surface area contributed by atoms with Crippen molar-refractivity contribution in [1.82, 2.24) is 25.2 Å². The number of furan rings is 1. The van der Waals surface area contributed by atoms with Crippen LogP contribution in [0.2, 0.25) is 0 Å². The molecule has 1 aliphatic rings. The summed E-state index contributed by atoms with van der Waals surface area (Å²) in [6.07, 6.45) is 8.68. The van der Waals surface area contributed by atoms with Crippen LogP contribution in [-0.2, 0) is 18.7 Å². The number of aryl methyl sites for hydroxylation is 1. The summed E-state index contributed by atoms with van der Waals surface area (Å²) in [5.74, 6) is 2.29. The average Bonchev–Trinajstić information content (AvgIpc) is 3.49. The topological polar surface area (TPSA) is 87.4 Å². The second kappa shape index (κ2) is 13.9. The van der Waals surface area contributed by atoms with Crippen LogP contribution in [0.15, 0.2) is 88.7 Å². The molecule has 4 aromatic rings. The summed E-state index contributed by atoms with van der Waals surface area (Å²) in [5, 5.41) is 3.60. The quantitative estimate of drug-likeness (QED) is 0.203. The van der Waals surface area contributed by atoms with Gasteiger partial charge in [0.15, 0.2) is 10.9 Å². The van der Waals surface area contributed by atoms with Crippen molar-refractivity contribution in [1.29, 1.82) is 0 Å². The number of hydrogen-bond acceptors (Lipinski definition) is 8. The van der Waals surface area contributed by atoms with E-state index < -0.39 is 0 Å². The smallest absolute Gasteiger partial charge is 0.287 e. The Morgan fingerprint density at radius 3 is 2.60 bits per heavy atom. The molecule has 8 nitrogen and oxygen atoms in total. The van der Waals surface area contributed by atoms with Crippen LogP contribution in [0.25, 0.3) is 6.08 Å². The zero-order chi connectivity index (χ0) is 27.6. The number of aromatic nitrogens is 3. The highest BCUT2D eigenvalue weighted by Gasteiger charge is 2.19. The van der Waals surface area contributed by atoms with Crippen molar-refractivity contribution >= 4 is 29.6 Å². The zero-order valence-corrected chi connectivity index (χ0v) is 23.5. The van der Waals surface area contributed by atoms with E-state index in [4.69, 9.17) is 14.4 Å². The Hall–Kier alpha value is -3.95. The van der Waals surface area contributed by atoms with Crippen molar-refractivity contribution in [2.24, 2.45) is 0 Å². The minimum atomic E-state index is -0.241. The number of pyridine rings is 1. The Labute approximate surface area is 239 Å². The van der Waals surface area contributed by atoms with Crippen molar-refractivity contribution in [3.05, 3.63) is 107 Å². The number of carbonyl (C=O) groups excluding carboxylic acids is 1. The number of piperazine rings is 1. The second-order valence-corrected chi connectivity index (χ2v) is 10.5. The van der Waals surface area contributed by atoms with Gasteiger partial charge in [0.1, 0.15) is 11.6 Å². The van der Waals surface area contributed by atoms with Gasteiger partial charge in [-0.1, -0.05) is 61.2 Å². The number of nitrogens with one attached hydrogen (secondary N) is 1. The van der Waals surface area contributed by atoms with Gasteiger partial charge in [-0.2, -0.15) is 0 Å². The fourth-order valence-electron chi connectivity index (χ4n) is 4.41. The van der Waals surface area contributed by atoms with Crippen LogP contribution < -0.4 is 10.2 Å². The first-order valence-corrected chi connectivity index (χ1v) is 14.6. The highest BCUT2D eigenvalue weighted by molar-refractivity contribution is 7.98. The number of anilines is 1. The summed E-state index contributed by atoms with van der Waals surface area (Å²) in [5.41, 5.74) is 3.24. The Bertz CT molecular complexity index is 1400. The van der Waals surface area contributed by atoms with Crippen LogP contribution in [0.3, 0.4) is 0 Å². The Kier molecular flexibility index (Phi) is 9.60. The molecule has 9 heteroatoms. The van der Waals surface area contributed by atoms with E-state index in [-0.39, 0.29) is 5.91 Å². The van der Waals surface area contributed by atoms with Crippen LogP contribution in [-0.4, -0.2) is 58.5 Å². The van der Waals surface area contributed by atoms with Crippen molar-refractivity contribution in [2.75, 3.05) is 37.6 Å². The van der Waals surface area contributed by atoms with Gasteiger partial charge in [0.2, 0.25) is 0 Å². The Balaban J connectivity index is 1.13. The van der Waals surface area contributed by atoms with Gasteiger partial charge in [-0.15, -0.1) is 0 Å². The molecule has 0 bridgehead atoms. The van der Waals surface area contributed by atoms with Crippen LogP contribution >= 0.6 is 11.8 Å². The molecule has 206 valence electrons. The molecule has 1 N–H and O–H groups in total. The first kappa shape index (κ1) is 27.6. The lowest BCUT2D eigenvalue weighted by Gasteiger charge is -2.35. The molecule has 0 atom stereocenters. The summed E-state index contributed by atoms with van der Waals surface area (Å²) >= 11 is 1.53. The van der Waals surface area contributed by atoms with Gasteiger partial charge in [-0.25, -0.2) is 9.97 Å². The molecule has 1 fully saturated rings. The predicted octanol–water partition coefficient (Wildman–Crippen LogP) is 5.08. The molecule has 1 aromatic carbocycles. The van der Waals surface area contributed by atoms with E-state index in [1.165, 1.54) is 17.3 Å². The number of rotatable bonds is 11. The number of nitrogens with zero attached hydrogens (tertiary/aromatic N) is 5. The molecule has 5 rings (SSSR count). The standard InChI is InChI=1S/C31H34N6O2S/c1-2-26-21-29(37-19-17-36(18-20-37)16-6-9-24-7-4-3-5-8-24)35-31(34-26)40-23-27-10-11-28(39-27)30(38)33-22-25-12-14-32-15-13-25/h3-15,21H,2,16-20,22-23H2,1H3,(H,33,38)/b9-6+. The van der Waals surface area contributed by atoms with E-state index in [1.54, 1.807) is 18.5 Å². The van der Waals surface area contributed by atoms with E-state index in [0.717, 1.165) is 61.4 Å². The molecule has 0 spiro atoms. The minimum Gasteiger partial charge on any atom is -0.455 e. The Morgan fingerprint density at radius 2 is 1.82 bits per heavy atom. The summed E-state index contributed by atoms with van der Waals surface area (Å²) in [4.78, 5) is 30.9. The first-order chi connectivity index (χ1) is 19.7. The lowest BCUT2D eigenvalue weighted by atomic mass is 10.2. The molecule has 4 heterocycles. The molecular formula is C31H34N6O2S. The van der Waals surface area contributed by atoms with E-state index >= 15 is 0 Å². The van der Waals surface area contributed by atoms with Crippen molar-refractivity contribution < 1.29 is 9.21 Å². The Morgan fingerprint density at radius 1 is 1.02 bits per heavy atom. The number of hydrogen-bond donors (Lipinski definition) is 1. The molecule has 3 aromatic heterocycles. The number of amides is 1. The molecule has 1 saturated heterocycles. The van der Waals surface area contributed by atoms with E-state index in [1.807, 2.05) is 24.3 Å². The molecule has 0 aliphatic carbocycles. The van der Waals surface area contributed by atoms with E-state index in [2.05, 4.69) is 69.5 Å². The third kappa shape index (κ3) is 7.80. The van der Waals surface area contributed by atoms with Crippen LogP contribution in [0, 0.1) is 0 Å². The lowest BCUT2D eigenvalue weighted by molar-refractivity contribution is 0.0921. The maximum absolute atomic E-state index is 12.5. The summed E-state index contributed by atoms with van der Waals surface area (Å²) in [7, 11) is 0. The molecule has 0 saturated carbocycles. The number of thioether (sulfide) groups is 1. The molecule has 1 amide bonds. The lowest BCUT2D eigenvalue weighted by Crippen LogP contribution is -2.46. The van der Waals surface area contributed by atoms with Gasteiger partial charge in [0.25, 0.3) is 5.91 Å². The molecule has 40 heavy (non-hydrogen) atoms. The highest BCUT2D eigenvalue weighted by Crippen LogP contribution is 2.25. The number of benzene rings is 1. The molecule has 0 radical (unpaired) electrons. The third-order valence-corrected chi connectivity index (χ3v) is 7.58. The van der Waals surface area contributed by atoms with Gasteiger partial charge >= 0.3 is 0 Å². The molecule has 0 unspecified atom stereocenters. The monoisotopic (exact) mass is 554 g/mol. The molecular weight excluding hydrogens is 520 g/mol. The minimum absolute atomic E-state index is 0.241. The van der Waals surface area contributed by atoms with Crippen LogP contribution in [0.4, 0.5) is 5.82 Å². The third-order valence-electron chi connectivity index (χ3n) is 6.71. The van der Waals surface area contributed by atoms with Crippen molar-refractivity contribution in [3.8, 4) is 0 Å². The van der Waals surface area contributed by atoms with Crippen LogP contribution in [0.5, 0.6) is 0 Å². The fourth-order valence-corrected chi connectivity index (χ4v) is 5.18. The van der Waals surface area contributed by atoms with Gasteiger partial charge in [-0.05, 0) is 41.8 Å². The maximum atomic E-state index is 12.5. The maximum Gasteiger partial charge on any atom is 0.287 e. The first-order valence-electron chi connectivity index (χ1n) is 13.6. The van der Waals surface area contributed by atoms with Crippen LogP contribution in [0.1, 0.15) is 40.1 Å². The van der Waals surface area contributed by atoms with E-state index in [9.17, 15) is 4.79 Å². The van der Waals surface area contributed by atoms with Gasteiger partial charge < -0.3 is 14.6 Å². The van der Waals surface area contributed by atoms with Gasteiger partial charge in [0.05, 0.1) is 5.75 Å². The second-order valence-electron chi connectivity index (χ2n) is 9.55. The highest BCUT2D eigenvalue weighted by atomic mass is 32.2. The fraction of sp³-hybridized carbons (Fsp3) is 0.290. The summed E-state index contributed by atoms with van der Waals surface area (Å²) in [6, 6.07) is 19.8. The van der Waals surface area contributed by atoms with Gasteiger partial charge in [-0.3, -0.25) is 14.7 Å².